The fourth-order valence-corrected chi connectivity index (χ4v) is 2.53. The van der Waals surface area contributed by atoms with Gasteiger partial charge in [0.2, 0.25) is 0 Å². The standard InChI is InChI=1S/C17H33NO6/c1-3-5-7-8-9-11-22-16(21)15-14(20)13(19)12(18)17(24-15)23-10-6-4-2/h12-15,17,19-20H,3-11,18H2,1-2H3/t12-,13-,14+,15+,17-/m1/s1. The molecule has 0 aromatic carbocycles. The molecule has 1 heterocycles. The quantitative estimate of drug-likeness (QED) is 0.379. The van der Waals surface area contributed by atoms with E-state index >= 15 is 0 Å². The first-order valence-corrected chi connectivity index (χ1v) is 9.08. The van der Waals surface area contributed by atoms with Crippen LogP contribution in [0.2, 0.25) is 0 Å². The van der Waals surface area contributed by atoms with Crippen LogP contribution in [0, 0.1) is 0 Å². The van der Waals surface area contributed by atoms with E-state index in [0.717, 1.165) is 38.5 Å². The molecule has 0 saturated carbocycles. The van der Waals surface area contributed by atoms with Crippen LogP contribution in [0.15, 0.2) is 0 Å². The molecular formula is C17H33NO6. The second-order valence-corrected chi connectivity index (χ2v) is 6.29. The van der Waals surface area contributed by atoms with Crippen LogP contribution in [0.1, 0.15) is 58.8 Å². The van der Waals surface area contributed by atoms with Crippen LogP contribution in [0.25, 0.3) is 0 Å². The zero-order chi connectivity index (χ0) is 17.9. The van der Waals surface area contributed by atoms with Gasteiger partial charge in [0, 0.05) is 6.61 Å². The van der Waals surface area contributed by atoms with Crippen molar-refractivity contribution in [3.05, 3.63) is 0 Å². The van der Waals surface area contributed by atoms with Gasteiger partial charge in [0.15, 0.2) is 12.4 Å². The van der Waals surface area contributed by atoms with E-state index in [9.17, 15) is 15.0 Å². The van der Waals surface area contributed by atoms with Gasteiger partial charge >= 0.3 is 5.97 Å². The monoisotopic (exact) mass is 347 g/mol. The highest BCUT2D eigenvalue weighted by atomic mass is 16.7. The lowest BCUT2D eigenvalue weighted by atomic mass is 9.97. The number of carbonyl (C=O) groups is 1. The molecule has 5 atom stereocenters. The van der Waals surface area contributed by atoms with Gasteiger partial charge in [0.1, 0.15) is 12.2 Å². The number of unbranched alkanes of at least 4 members (excludes halogenated alkanes) is 5. The lowest BCUT2D eigenvalue weighted by molar-refractivity contribution is -0.261. The Morgan fingerprint density at radius 2 is 1.67 bits per heavy atom. The maximum Gasteiger partial charge on any atom is 0.338 e. The molecule has 142 valence electrons. The maximum atomic E-state index is 12.1. The minimum Gasteiger partial charge on any atom is -0.464 e. The summed E-state index contributed by atoms with van der Waals surface area (Å²) in [5, 5.41) is 20.0. The van der Waals surface area contributed by atoms with E-state index in [1.807, 2.05) is 6.92 Å². The Kier molecular flexibility index (Phi) is 10.4. The van der Waals surface area contributed by atoms with E-state index < -0.39 is 36.6 Å². The van der Waals surface area contributed by atoms with Gasteiger partial charge in [-0.2, -0.15) is 0 Å². The van der Waals surface area contributed by atoms with Gasteiger partial charge in [-0.1, -0.05) is 46.0 Å². The Hall–Kier alpha value is -0.730. The molecule has 0 aromatic rings. The predicted molar refractivity (Wildman–Crippen MR) is 89.2 cm³/mol. The van der Waals surface area contributed by atoms with E-state index in [-0.39, 0.29) is 6.61 Å². The normalized spacial score (nSPS) is 30.3. The second-order valence-electron chi connectivity index (χ2n) is 6.29. The van der Waals surface area contributed by atoms with Crippen molar-refractivity contribution in [3.8, 4) is 0 Å². The van der Waals surface area contributed by atoms with Crippen LogP contribution in [0.3, 0.4) is 0 Å². The molecule has 0 unspecified atom stereocenters. The average molecular weight is 347 g/mol. The van der Waals surface area contributed by atoms with Crippen LogP contribution in [-0.2, 0) is 19.0 Å². The molecule has 7 heteroatoms. The average Bonchev–Trinajstić information content (AvgIpc) is 2.58. The van der Waals surface area contributed by atoms with Crippen LogP contribution < -0.4 is 5.73 Å². The Balaban J connectivity index is 2.44. The number of hydrogen-bond donors (Lipinski definition) is 3. The van der Waals surface area contributed by atoms with Crippen LogP contribution in [0.4, 0.5) is 0 Å². The molecule has 0 aromatic heterocycles. The molecule has 24 heavy (non-hydrogen) atoms. The van der Waals surface area contributed by atoms with Crippen molar-refractivity contribution in [2.45, 2.75) is 89.4 Å². The Bertz CT molecular complexity index is 354. The first-order valence-electron chi connectivity index (χ1n) is 9.08. The number of esters is 1. The van der Waals surface area contributed by atoms with Crippen molar-refractivity contribution in [2.24, 2.45) is 5.73 Å². The Labute approximate surface area is 144 Å². The molecule has 4 N–H and O–H groups in total. The summed E-state index contributed by atoms with van der Waals surface area (Å²) in [6.45, 7) is 4.84. The molecule has 0 aliphatic carbocycles. The minimum atomic E-state index is -1.42. The number of rotatable bonds is 11. The third-order valence-corrected chi connectivity index (χ3v) is 4.15. The number of aliphatic hydroxyl groups excluding tert-OH is 2. The van der Waals surface area contributed by atoms with Crippen molar-refractivity contribution in [1.29, 1.82) is 0 Å². The smallest absolute Gasteiger partial charge is 0.338 e. The van der Waals surface area contributed by atoms with E-state index in [2.05, 4.69) is 6.92 Å². The highest BCUT2D eigenvalue weighted by Gasteiger charge is 2.47. The molecule has 0 spiro atoms. The van der Waals surface area contributed by atoms with Crippen molar-refractivity contribution >= 4 is 5.97 Å². The zero-order valence-corrected chi connectivity index (χ0v) is 14.9. The van der Waals surface area contributed by atoms with Crippen molar-refractivity contribution in [3.63, 3.8) is 0 Å². The van der Waals surface area contributed by atoms with Gasteiger partial charge in [-0.3, -0.25) is 0 Å². The topological polar surface area (TPSA) is 111 Å². The fourth-order valence-electron chi connectivity index (χ4n) is 2.53. The summed E-state index contributed by atoms with van der Waals surface area (Å²) in [6.07, 6.45) is 2.02. The number of ether oxygens (including phenoxy) is 3. The SMILES string of the molecule is CCCCCCCOC(=O)[C@H]1O[C@@H](OCCCC)[C@H](N)[C@@H](O)[C@@H]1O. The van der Waals surface area contributed by atoms with Gasteiger partial charge in [-0.05, 0) is 12.8 Å². The summed E-state index contributed by atoms with van der Waals surface area (Å²) >= 11 is 0. The molecule has 1 aliphatic rings. The van der Waals surface area contributed by atoms with Crippen molar-refractivity contribution < 1.29 is 29.2 Å². The van der Waals surface area contributed by atoms with Gasteiger partial charge in [-0.25, -0.2) is 4.79 Å². The third kappa shape index (κ3) is 6.64. The summed E-state index contributed by atoms with van der Waals surface area (Å²) in [7, 11) is 0. The Morgan fingerprint density at radius 1 is 1.00 bits per heavy atom. The number of carbonyl (C=O) groups excluding carboxylic acids is 1. The molecule has 1 rings (SSSR count). The lowest BCUT2D eigenvalue weighted by Gasteiger charge is -2.39. The highest BCUT2D eigenvalue weighted by molar-refractivity contribution is 5.75. The van der Waals surface area contributed by atoms with Crippen molar-refractivity contribution in [2.75, 3.05) is 13.2 Å². The summed E-state index contributed by atoms with van der Waals surface area (Å²) in [6, 6.07) is -0.907. The number of aliphatic hydroxyl groups is 2. The minimum absolute atomic E-state index is 0.276. The molecule has 1 aliphatic heterocycles. The summed E-state index contributed by atoms with van der Waals surface area (Å²) in [5.41, 5.74) is 5.81. The zero-order valence-electron chi connectivity index (χ0n) is 14.9. The molecule has 1 fully saturated rings. The van der Waals surface area contributed by atoms with E-state index in [1.54, 1.807) is 0 Å². The van der Waals surface area contributed by atoms with E-state index in [4.69, 9.17) is 19.9 Å². The van der Waals surface area contributed by atoms with Gasteiger partial charge in [-0.15, -0.1) is 0 Å². The lowest BCUT2D eigenvalue weighted by Crippen LogP contribution is -2.63. The second kappa shape index (κ2) is 11.8. The molecule has 1 saturated heterocycles. The summed E-state index contributed by atoms with van der Waals surface area (Å²) in [4.78, 5) is 12.1. The molecule has 0 amide bonds. The van der Waals surface area contributed by atoms with Crippen LogP contribution >= 0.6 is 0 Å². The Morgan fingerprint density at radius 3 is 2.33 bits per heavy atom. The van der Waals surface area contributed by atoms with Crippen LogP contribution in [-0.4, -0.2) is 60.0 Å². The third-order valence-electron chi connectivity index (χ3n) is 4.15. The maximum absolute atomic E-state index is 12.1. The molecule has 0 radical (unpaired) electrons. The van der Waals surface area contributed by atoms with Gasteiger partial charge in [0.25, 0.3) is 0 Å². The van der Waals surface area contributed by atoms with Gasteiger partial charge < -0.3 is 30.2 Å². The largest absolute Gasteiger partial charge is 0.464 e. The van der Waals surface area contributed by atoms with Crippen LogP contribution in [0.5, 0.6) is 0 Å². The van der Waals surface area contributed by atoms with E-state index in [1.165, 1.54) is 6.42 Å². The number of nitrogens with two attached hydrogens (primary N) is 1. The predicted octanol–water partition coefficient (Wildman–Crippen LogP) is 1.09. The number of hydrogen-bond acceptors (Lipinski definition) is 7. The fraction of sp³-hybridized carbons (Fsp3) is 0.941. The van der Waals surface area contributed by atoms with Gasteiger partial charge in [0.05, 0.1) is 12.6 Å². The molecule has 7 nitrogen and oxygen atoms in total. The molecular weight excluding hydrogens is 314 g/mol. The summed E-state index contributed by atoms with van der Waals surface area (Å²) < 4.78 is 16.1. The highest BCUT2D eigenvalue weighted by Crippen LogP contribution is 2.22. The van der Waals surface area contributed by atoms with Crippen molar-refractivity contribution in [1.82, 2.24) is 0 Å². The summed E-state index contributed by atoms with van der Waals surface area (Å²) in [5.74, 6) is -0.687. The first kappa shape index (κ1) is 21.3. The van der Waals surface area contributed by atoms with E-state index in [0.29, 0.717) is 6.61 Å². The molecule has 0 bridgehead atoms. The first-order chi connectivity index (χ1) is 11.5.